The Morgan fingerprint density at radius 3 is 2.77 bits per heavy atom. The van der Waals surface area contributed by atoms with Gasteiger partial charge < -0.3 is 15.8 Å². The molecule has 1 aromatic carbocycles. The van der Waals surface area contributed by atoms with Crippen molar-refractivity contribution in [1.29, 1.82) is 0 Å². The van der Waals surface area contributed by atoms with Crippen LogP contribution in [0.4, 0.5) is 14.7 Å². The molecule has 0 bridgehead atoms. The van der Waals surface area contributed by atoms with Crippen LogP contribution >= 0.6 is 0 Å². The molecule has 160 valence electrons. The number of imidazole rings is 1. The van der Waals surface area contributed by atoms with Gasteiger partial charge in [0.25, 0.3) is 5.56 Å². The number of aryl methyl sites for hydroxylation is 2. The molecule has 30 heavy (non-hydrogen) atoms. The molecule has 7 nitrogen and oxygen atoms in total. The van der Waals surface area contributed by atoms with E-state index in [1.807, 2.05) is 13.8 Å². The molecule has 2 N–H and O–H groups in total. The van der Waals surface area contributed by atoms with Crippen molar-refractivity contribution in [1.82, 2.24) is 24.1 Å². The first-order valence-electron chi connectivity index (χ1n) is 9.26. The standard InChI is InChI=1S/C20H21F2N6O.Cm/c1-11(2)10-23-20-25-19(29)18-14(4-6-28(18)26-20)13-8-15(22)17-16(9-13)27(7-5-21)12(3)24-17;/h4,6,8-9H,5,7,10H2,1-3H3,(H2,23,25,26,29);/q-1;. The summed E-state index contributed by atoms with van der Waals surface area (Å²) in [4.78, 5) is 19.6. The number of hydrogen-bond donors (Lipinski definition) is 2. The van der Waals surface area contributed by atoms with Crippen molar-refractivity contribution in [3.05, 3.63) is 52.3 Å². The molecular formula is C20H21CmF2N6O-. The topological polar surface area (TPSA) is 80.0 Å². The molecule has 0 atom stereocenters. The fraction of sp³-hybridized carbons (Fsp3) is 0.300. The van der Waals surface area contributed by atoms with Crippen molar-refractivity contribution < 1.29 is 8.78 Å². The number of benzene rings is 1. The van der Waals surface area contributed by atoms with Crippen LogP contribution in [0.2, 0.25) is 0 Å². The summed E-state index contributed by atoms with van der Waals surface area (Å²) in [6, 6.07) is 4.77. The number of halogens is 2. The van der Waals surface area contributed by atoms with Gasteiger partial charge in [0.2, 0.25) is 5.95 Å². The minimum atomic E-state index is -0.582. The molecule has 0 radical (unpaired) electrons. The minimum Gasteiger partial charge on any atom is -0.384 e. The van der Waals surface area contributed by atoms with E-state index in [0.717, 1.165) is 5.92 Å². The molecular weight excluding hydrogens is 625 g/mol. The Morgan fingerprint density at radius 1 is 1.30 bits per heavy atom. The van der Waals surface area contributed by atoms with Crippen LogP contribution in [0.5, 0.6) is 0 Å². The van der Waals surface area contributed by atoms with Crippen LogP contribution in [-0.2, 0) is 6.54 Å². The summed E-state index contributed by atoms with van der Waals surface area (Å²) in [5.41, 5.74) is 1.68. The predicted molar refractivity (Wildman–Crippen MR) is 108 cm³/mol. The SMILES string of the molecule is Cc1nc2c(F)cc(-c3ccn4nc(NC[C-](C)C)[nH]c(=O)c34)cc2n1CCF.[Cm]. The van der Waals surface area contributed by atoms with Crippen LogP contribution in [0.1, 0.15) is 19.7 Å². The number of aromatic nitrogens is 5. The first-order chi connectivity index (χ1) is 13.9. The van der Waals surface area contributed by atoms with E-state index in [1.165, 1.54) is 10.6 Å². The molecule has 0 saturated heterocycles. The Kier molecular flexibility index (Phi) is 5.23. The third-order valence-corrected chi connectivity index (χ3v) is 4.75. The van der Waals surface area contributed by atoms with Crippen molar-refractivity contribution in [2.24, 2.45) is 0 Å². The second kappa shape index (κ2) is 7.65. The Bertz CT molecular complexity index is 1260. The van der Waals surface area contributed by atoms with Crippen LogP contribution in [0.3, 0.4) is 0 Å². The normalized spacial score (nSPS) is 11.4. The molecule has 0 saturated carbocycles. The Balaban J connectivity index is 0.00000256. The van der Waals surface area contributed by atoms with E-state index in [9.17, 15) is 13.6 Å². The zero-order valence-electron chi connectivity index (χ0n) is 16.7. The smallest absolute Gasteiger partial charge is 0.277 e. The summed E-state index contributed by atoms with van der Waals surface area (Å²) in [5.74, 6) is 1.51. The van der Waals surface area contributed by atoms with Crippen molar-refractivity contribution >= 4 is 22.5 Å². The maximum Gasteiger partial charge on any atom is 0.277 e. The number of anilines is 1. The summed E-state index contributed by atoms with van der Waals surface area (Å²) in [6.07, 6.45) is 1.65. The summed E-state index contributed by atoms with van der Waals surface area (Å²) < 4.78 is 30.8. The van der Waals surface area contributed by atoms with E-state index in [4.69, 9.17) is 0 Å². The van der Waals surface area contributed by atoms with Gasteiger partial charge >= 0.3 is 0 Å². The molecule has 4 rings (SSSR count). The molecule has 0 aliphatic carbocycles. The molecule has 0 aliphatic heterocycles. The van der Waals surface area contributed by atoms with E-state index >= 15 is 0 Å². The number of nitrogens with zero attached hydrogens (tertiary/aromatic N) is 4. The van der Waals surface area contributed by atoms with E-state index in [1.54, 1.807) is 29.8 Å². The fourth-order valence-electron chi connectivity index (χ4n) is 3.42. The number of H-pyrrole nitrogens is 1. The van der Waals surface area contributed by atoms with Gasteiger partial charge in [-0.3, -0.25) is 9.78 Å². The maximum atomic E-state index is 14.7. The third-order valence-electron chi connectivity index (χ3n) is 4.75. The largest absolute Gasteiger partial charge is 0.384 e. The van der Waals surface area contributed by atoms with Gasteiger partial charge in [0.05, 0.1) is 12.1 Å². The minimum absolute atomic E-state index is 0. The molecule has 0 amide bonds. The van der Waals surface area contributed by atoms with Crippen LogP contribution in [0.15, 0.2) is 29.2 Å². The quantitative estimate of drug-likeness (QED) is 0.315. The Hall–Kier alpha value is -4.23. The van der Waals surface area contributed by atoms with Crippen molar-refractivity contribution in [3.63, 3.8) is 0 Å². The number of hydrogen-bond acceptors (Lipinski definition) is 4. The van der Waals surface area contributed by atoms with E-state index in [-0.39, 0.29) is 17.6 Å². The number of fused-ring (bicyclic) bond motifs is 2. The van der Waals surface area contributed by atoms with E-state index in [0.29, 0.717) is 40.5 Å². The summed E-state index contributed by atoms with van der Waals surface area (Å²) >= 11 is 0. The summed E-state index contributed by atoms with van der Waals surface area (Å²) in [7, 11) is 0. The van der Waals surface area contributed by atoms with Crippen LogP contribution < -0.4 is 10.9 Å². The van der Waals surface area contributed by atoms with E-state index < -0.39 is 12.5 Å². The monoisotopic (exact) mass is 642 g/mol. The van der Waals surface area contributed by atoms with Crippen LogP contribution in [0, 0.1) is 18.7 Å². The molecule has 3 aromatic heterocycles. The first-order valence-corrected chi connectivity index (χ1v) is 9.26. The Labute approximate surface area is 165 Å². The van der Waals surface area contributed by atoms with Crippen LogP contribution in [-0.4, -0.2) is 37.4 Å². The number of rotatable bonds is 6. The van der Waals surface area contributed by atoms with Gasteiger partial charge in [-0.2, -0.15) is 13.8 Å². The number of nitrogens with one attached hydrogen (secondary N) is 2. The van der Waals surface area contributed by atoms with Crippen molar-refractivity contribution in [2.45, 2.75) is 27.3 Å². The van der Waals surface area contributed by atoms with Gasteiger partial charge in [-0.05, 0) is 30.7 Å². The van der Waals surface area contributed by atoms with Gasteiger partial charge in [-0.15, -0.1) is 11.6 Å². The van der Waals surface area contributed by atoms with Crippen molar-refractivity contribution in [3.8, 4) is 11.1 Å². The molecule has 0 fully saturated rings. The zero-order chi connectivity index (χ0) is 20.7. The van der Waals surface area contributed by atoms with Crippen molar-refractivity contribution in [2.75, 3.05) is 18.5 Å². The Morgan fingerprint density at radius 2 is 2.07 bits per heavy atom. The first kappa shape index (κ1) is 20.5. The number of aromatic amines is 1. The second-order valence-corrected chi connectivity index (χ2v) is 7.21. The second-order valence-electron chi connectivity index (χ2n) is 7.21. The summed E-state index contributed by atoms with van der Waals surface area (Å²) in [5, 5.41) is 7.42. The predicted octanol–water partition coefficient (Wildman–Crippen LogP) is 3.48. The molecule has 0 spiro atoms. The summed E-state index contributed by atoms with van der Waals surface area (Å²) in [6.45, 7) is 5.74. The molecule has 0 aliphatic rings. The molecule has 3 heterocycles. The molecule has 4 aromatic rings. The van der Waals surface area contributed by atoms with Gasteiger partial charge in [0, 0.05) is 11.8 Å². The third kappa shape index (κ3) is 3.34. The van der Waals surface area contributed by atoms with E-state index in [2.05, 4.69) is 20.4 Å². The average Bonchev–Trinajstić information content (AvgIpc) is 3.23. The van der Waals surface area contributed by atoms with Gasteiger partial charge in [-0.1, -0.05) is 0 Å². The van der Waals surface area contributed by atoms with Gasteiger partial charge in [0.1, 0.15) is 23.5 Å². The van der Waals surface area contributed by atoms with Gasteiger partial charge in [-0.25, -0.2) is 18.3 Å². The maximum absolute atomic E-state index is 14.7. The molecule has 10 heteroatoms. The van der Waals surface area contributed by atoms with Gasteiger partial charge in [0.15, 0.2) is 5.82 Å². The zero-order valence-corrected chi connectivity index (χ0v) is 19.7. The fourth-order valence-corrected chi connectivity index (χ4v) is 3.42. The number of alkyl halides is 1. The molecule has 0 unspecified atom stereocenters. The van der Waals surface area contributed by atoms with Crippen LogP contribution in [0.25, 0.3) is 27.7 Å². The average molecular weight is 646 g/mol.